The Bertz CT molecular complexity index is 845. The smallest absolute Gasteiger partial charge is 0.205 e. The molecular formula is C20H28FIN6S. The fourth-order valence-corrected chi connectivity index (χ4v) is 4.54. The van der Waals surface area contributed by atoms with Gasteiger partial charge in [-0.25, -0.2) is 9.37 Å². The van der Waals surface area contributed by atoms with Crippen LogP contribution in [0.15, 0.2) is 29.3 Å². The van der Waals surface area contributed by atoms with E-state index in [1.54, 1.807) is 12.1 Å². The first-order valence-electron chi connectivity index (χ1n) is 9.93. The highest BCUT2D eigenvalue weighted by Gasteiger charge is 2.44. The average Bonchev–Trinajstić information content (AvgIpc) is 3.36. The predicted octanol–water partition coefficient (Wildman–Crippen LogP) is 3.29. The van der Waals surface area contributed by atoms with Gasteiger partial charge in [-0.05, 0) is 30.5 Å². The van der Waals surface area contributed by atoms with Crippen molar-refractivity contribution in [1.29, 1.82) is 0 Å². The fraction of sp³-hybridized carbons (Fsp3) is 0.550. The molecule has 1 saturated heterocycles. The molecule has 1 aromatic carbocycles. The van der Waals surface area contributed by atoms with Crippen LogP contribution in [0.4, 0.5) is 9.52 Å². The van der Waals surface area contributed by atoms with Gasteiger partial charge in [0.2, 0.25) is 5.13 Å². The zero-order valence-corrected chi connectivity index (χ0v) is 20.0. The summed E-state index contributed by atoms with van der Waals surface area (Å²) in [6, 6.07) is 7.01. The van der Waals surface area contributed by atoms with Crippen LogP contribution in [-0.2, 0) is 11.8 Å². The van der Waals surface area contributed by atoms with E-state index in [4.69, 9.17) is 0 Å². The summed E-state index contributed by atoms with van der Waals surface area (Å²) >= 11 is 1.49. The molecule has 1 N–H and O–H groups in total. The first-order valence-corrected chi connectivity index (χ1v) is 10.7. The number of aryl methyl sites for hydroxylation is 1. The maximum absolute atomic E-state index is 13.6. The number of aliphatic imine (C=N–C) groups is 1. The molecule has 0 amide bonds. The lowest BCUT2D eigenvalue weighted by Crippen LogP contribution is -2.53. The largest absolute Gasteiger partial charge is 0.355 e. The van der Waals surface area contributed by atoms with Crippen LogP contribution in [0, 0.1) is 5.82 Å². The molecular weight excluding hydrogens is 502 g/mol. The molecule has 9 heteroatoms. The van der Waals surface area contributed by atoms with E-state index in [1.807, 2.05) is 13.1 Å². The lowest BCUT2D eigenvalue weighted by Gasteiger charge is -2.36. The van der Waals surface area contributed by atoms with E-state index in [0.29, 0.717) is 0 Å². The molecule has 0 spiro atoms. The van der Waals surface area contributed by atoms with Crippen LogP contribution >= 0.6 is 35.5 Å². The van der Waals surface area contributed by atoms with Crippen molar-refractivity contribution in [3.63, 3.8) is 0 Å². The van der Waals surface area contributed by atoms with Gasteiger partial charge < -0.3 is 15.1 Å². The highest BCUT2D eigenvalue weighted by molar-refractivity contribution is 14.0. The summed E-state index contributed by atoms with van der Waals surface area (Å²) in [7, 11) is 1.83. The number of nitrogens with one attached hydrogen (secondary N) is 1. The van der Waals surface area contributed by atoms with Crippen LogP contribution in [-0.4, -0.2) is 60.0 Å². The summed E-state index contributed by atoms with van der Waals surface area (Å²) < 4.78 is 18.0. The Labute approximate surface area is 192 Å². The first-order chi connectivity index (χ1) is 13.6. The molecule has 6 nitrogen and oxygen atoms in total. The minimum absolute atomic E-state index is 0. The minimum atomic E-state index is -0.160. The van der Waals surface area contributed by atoms with Gasteiger partial charge in [-0.3, -0.25) is 4.99 Å². The van der Waals surface area contributed by atoms with Crippen molar-refractivity contribution in [3.8, 4) is 0 Å². The van der Waals surface area contributed by atoms with Gasteiger partial charge in [0.15, 0.2) is 5.96 Å². The average molecular weight is 530 g/mol. The highest BCUT2D eigenvalue weighted by Crippen LogP contribution is 2.47. The number of benzene rings is 1. The molecule has 0 bridgehead atoms. The van der Waals surface area contributed by atoms with Crippen LogP contribution in [0.2, 0.25) is 0 Å². The second-order valence-corrected chi connectivity index (χ2v) is 8.24. The normalized spacial score (nSPS) is 18.4. The molecule has 1 saturated carbocycles. The topological polar surface area (TPSA) is 56.7 Å². The number of hydrogen-bond donors (Lipinski definition) is 1. The summed E-state index contributed by atoms with van der Waals surface area (Å²) in [4.78, 5) is 13.7. The Kier molecular flexibility index (Phi) is 7.31. The van der Waals surface area contributed by atoms with E-state index in [9.17, 15) is 4.39 Å². The van der Waals surface area contributed by atoms with Crippen molar-refractivity contribution in [1.82, 2.24) is 19.6 Å². The van der Waals surface area contributed by atoms with Crippen LogP contribution in [0.1, 0.15) is 31.2 Å². The van der Waals surface area contributed by atoms with Crippen molar-refractivity contribution in [3.05, 3.63) is 41.5 Å². The van der Waals surface area contributed by atoms with Gasteiger partial charge in [-0.15, -0.1) is 24.0 Å². The van der Waals surface area contributed by atoms with Gasteiger partial charge >= 0.3 is 0 Å². The van der Waals surface area contributed by atoms with Gasteiger partial charge in [0.1, 0.15) is 11.6 Å². The number of nitrogens with zero attached hydrogens (tertiary/aromatic N) is 5. The summed E-state index contributed by atoms with van der Waals surface area (Å²) in [5, 5.41) is 4.55. The van der Waals surface area contributed by atoms with E-state index in [2.05, 4.69) is 36.4 Å². The second-order valence-electron chi connectivity index (χ2n) is 7.51. The number of halogens is 2. The van der Waals surface area contributed by atoms with E-state index < -0.39 is 0 Å². The Balaban J connectivity index is 0.00000240. The maximum atomic E-state index is 13.6. The van der Waals surface area contributed by atoms with E-state index in [-0.39, 0.29) is 35.2 Å². The monoisotopic (exact) mass is 530 g/mol. The Morgan fingerprint density at radius 3 is 2.62 bits per heavy atom. The highest BCUT2D eigenvalue weighted by atomic mass is 127. The predicted molar refractivity (Wildman–Crippen MR) is 127 cm³/mol. The number of anilines is 1. The van der Waals surface area contributed by atoms with Crippen molar-refractivity contribution < 1.29 is 4.39 Å². The molecule has 4 rings (SSSR count). The summed E-state index contributed by atoms with van der Waals surface area (Å²) in [6.07, 6.45) is 3.05. The minimum Gasteiger partial charge on any atom is -0.355 e. The zero-order valence-electron chi connectivity index (χ0n) is 16.9. The Hall–Kier alpha value is -1.49. The molecule has 0 atom stereocenters. The molecule has 29 heavy (non-hydrogen) atoms. The van der Waals surface area contributed by atoms with Gasteiger partial charge in [0, 0.05) is 63.1 Å². The van der Waals surface area contributed by atoms with Gasteiger partial charge in [-0.1, -0.05) is 19.1 Å². The number of guanidine groups is 1. The molecule has 1 aliphatic heterocycles. The third-order valence-electron chi connectivity index (χ3n) is 5.71. The Morgan fingerprint density at radius 1 is 1.28 bits per heavy atom. The number of hydrogen-bond acceptors (Lipinski definition) is 5. The molecule has 2 aromatic rings. The third-order valence-corrected chi connectivity index (χ3v) is 6.53. The van der Waals surface area contributed by atoms with Gasteiger partial charge in [0.05, 0.1) is 0 Å². The van der Waals surface area contributed by atoms with Crippen molar-refractivity contribution in [2.24, 2.45) is 4.99 Å². The number of rotatable bonds is 5. The quantitative estimate of drug-likeness (QED) is 0.366. The van der Waals surface area contributed by atoms with Gasteiger partial charge in [-0.2, -0.15) is 4.37 Å². The molecule has 2 fully saturated rings. The molecule has 2 heterocycles. The van der Waals surface area contributed by atoms with Crippen LogP contribution in [0.5, 0.6) is 0 Å². The fourth-order valence-electron chi connectivity index (χ4n) is 3.74. The van der Waals surface area contributed by atoms with Crippen LogP contribution in [0.25, 0.3) is 0 Å². The van der Waals surface area contributed by atoms with Crippen LogP contribution in [0.3, 0.4) is 0 Å². The lowest BCUT2D eigenvalue weighted by atomic mass is 9.96. The SMILES string of the molecule is CCc1nsc(N2CCN(C(=NC)NCC3(c4cccc(F)c4)CC3)CC2)n1.I. The number of aromatic nitrogens is 2. The third kappa shape index (κ3) is 4.99. The van der Waals surface area contributed by atoms with Gasteiger partial charge in [0.25, 0.3) is 0 Å². The van der Waals surface area contributed by atoms with Crippen molar-refractivity contribution in [2.45, 2.75) is 31.6 Å². The van der Waals surface area contributed by atoms with Crippen LogP contribution < -0.4 is 10.2 Å². The molecule has 158 valence electrons. The Morgan fingerprint density at radius 2 is 2.03 bits per heavy atom. The molecule has 2 aliphatic rings. The second kappa shape index (κ2) is 9.55. The number of piperazine rings is 1. The summed E-state index contributed by atoms with van der Waals surface area (Å²) in [5.41, 5.74) is 1.13. The molecule has 0 radical (unpaired) electrons. The standard InChI is InChI=1S/C20H27FN6S.HI/c1-3-17-24-19(28-25-17)27-11-9-26(10-12-27)18(22-2)23-14-20(7-8-20)15-5-4-6-16(21)13-15;/h4-6,13H,3,7-12,14H2,1-2H3,(H,22,23);1H. The molecule has 0 unspecified atom stereocenters. The summed E-state index contributed by atoms with van der Waals surface area (Å²) in [5.74, 6) is 1.69. The summed E-state index contributed by atoms with van der Waals surface area (Å²) in [6.45, 7) is 6.49. The molecule has 1 aliphatic carbocycles. The molecule has 1 aromatic heterocycles. The van der Waals surface area contributed by atoms with Crippen molar-refractivity contribution >= 4 is 46.6 Å². The van der Waals surface area contributed by atoms with E-state index >= 15 is 0 Å². The maximum Gasteiger partial charge on any atom is 0.205 e. The first kappa shape index (κ1) is 22.2. The lowest BCUT2D eigenvalue weighted by molar-refractivity contribution is 0.370. The van der Waals surface area contributed by atoms with E-state index in [0.717, 1.165) is 74.5 Å². The van der Waals surface area contributed by atoms with E-state index in [1.165, 1.54) is 17.6 Å². The van der Waals surface area contributed by atoms with Crippen molar-refractivity contribution in [2.75, 3.05) is 44.7 Å². The zero-order chi connectivity index (χ0) is 19.6.